The van der Waals surface area contributed by atoms with Crippen molar-refractivity contribution in [2.24, 2.45) is 0 Å². The van der Waals surface area contributed by atoms with Crippen molar-refractivity contribution in [3.05, 3.63) is 23.3 Å². The van der Waals surface area contributed by atoms with E-state index in [0.717, 1.165) is 28.6 Å². The highest BCUT2D eigenvalue weighted by Crippen LogP contribution is 2.38. The van der Waals surface area contributed by atoms with Crippen LogP contribution < -0.4 is 5.11 Å². The van der Waals surface area contributed by atoms with Crippen LogP contribution in [0.25, 0.3) is 0 Å². The number of carbonyl (C=O) groups excluding carboxylic acids is 1. The number of carboxylic acids is 1. The molecule has 0 spiro atoms. The van der Waals surface area contributed by atoms with Crippen LogP contribution in [-0.2, 0) is 11.2 Å². The van der Waals surface area contributed by atoms with Crippen LogP contribution in [0.1, 0.15) is 24.1 Å². The summed E-state index contributed by atoms with van der Waals surface area (Å²) in [7, 11) is 4.38. The molecule has 0 aliphatic carbocycles. The van der Waals surface area contributed by atoms with Crippen LogP contribution in [0, 0.1) is 0 Å². The second kappa shape index (κ2) is 6.04. The smallest absolute Gasteiger partial charge is 0.430 e. The number of halogens is 3. The van der Waals surface area contributed by atoms with E-state index in [1.165, 1.54) is 0 Å². The van der Waals surface area contributed by atoms with Crippen LogP contribution >= 0.6 is 0 Å². The number of aromatic hydroxyl groups is 2. The first-order chi connectivity index (χ1) is 9.86. The van der Waals surface area contributed by atoms with E-state index >= 15 is 0 Å². The summed E-state index contributed by atoms with van der Waals surface area (Å²) in [5, 5.41) is 27.7. The highest BCUT2D eigenvalue weighted by atomic mass is 19.4. The number of fused-ring (bicyclic) bond motifs is 1. The van der Waals surface area contributed by atoms with Crippen LogP contribution in [0.4, 0.5) is 13.2 Å². The highest BCUT2D eigenvalue weighted by molar-refractivity contribution is 5.70. The first kappa shape index (κ1) is 18.1. The van der Waals surface area contributed by atoms with Crippen molar-refractivity contribution in [2.75, 3.05) is 20.6 Å². The largest absolute Gasteiger partial charge is 0.542 e. The topological polar surface area (TPSA) is 80.6 Å². The molecule has 0 aromatic heterocycles. The highest BCUT2D eigenvalue weighted by Gasteiger charge is 2.32. The van der Waals surface area contributed by atoms with Gasteiger partial charge in [0.05, 0.1) is 20.6 Å². The zero-order valence-electron chi connectivity index (χ0n) is 12.4. The van der Waals surface area contributed by atoms with Gasteiger partial charge in [-0.3, -0.25) is 0 Å². The molecule has 1 aromatic carbocycles. The van der Waals surface area contributed by atoms with Crippen LogP contribution in [0.3, 0.4) is 0 Å². The number of alkyl halides is 3. The number of hydrogen-bond donors (Lipinski definition) is 2. The minimum atomic E-state index is -5.19. The quantitative estimate of drug-likeness (QED) is 0.554. The fourth-order valence-corrected chi connectivity index (χ4v) is 2.22. The number of quaternary nitrogens is 1. The third kappa shape index (κ3) is 4.03. The molecule has 1 aliphatic rings. The van der Waals surface area contributed by atoms with Gasteiger partial charge < -0.3 is 24.6 Å². The number of phenols is 2. The van der Waals surface area contributed by atoms with E-state index in [1.807, 2.05) is 0 Å². The van der Waals surface area contributed by atoms with Gasteiger partial charge in [0.25, 0.3) is 0 Å². The number of nitrogens with zero attached hydrogens (tertiary/aromatic N) is 1. The van der Waals surface area contributed by atoms with Gasteiger partial charge in [0, 0.05) is 12.0 Å². The zero-order chi connectivity index (χ0) is 17.3. The Balaban J connectivity index is 0.000000295. The second-order valence-corrected chi connectivity index (χ2v) is 5.75. The van der Waals surface area contributed by atoms with E-state index in [-0.39, 0.29) is 11.5 Å². The molecule has 1 atom stereocenters. The maximum Gasteiger partial charge on any atom is 0.430 e. The van der Waals surface area contributed by atoms with Gasteiger partial charge in [-0.25, -0.2) is 0 Å². The van der Waals surface area contributed by atoms with Gasteiger partial charge in [0.15, 0.2) is 11.5 Å². The number of carboxylic acid groups (broad SMARTS) is 1. The number of likely N-dealkylation sites (N-methyl/N-ethyl adjacent to an activating group) is 1. The summed E-state index contributed by atoms with van der Waals surface area (Å²) in [5.74, 6) is -3.02. The standard InChI is InChI=1S/C12H17NO2.C2HF3O2/c1-8-10-7-12(15)11(14)6-9(10)4-5-13(8,2)3;3-2(4,5)1(6)7/h6-8H,4-5H2,1-3H3,(H-,14,15);(H,6,7). The summed E-state index contributed by atoms with van der Waals surface area (Å²) in [6.45, 7) is 3.23. The first-order valence-corrected chi connectivity index (χ1v) is 6.52. The molecule has 0 radical (unpaired) electrons. The Morgan fingerprint density at radius 2 is 1.73 bits per heavy atom. The molecular weight excluding hydrogens is 303 g/mol. The second-order valence-electron chi connectivity index (χ2n) is 5.75. The van der Waals surface area contributed by atoms with Crippen molar-refractivity contribution in [3.8, 4) is 11.5 Å². The molecule has 5 nitrogen and oxygen atoms in total. The predicted molar refractivity (Wildman–Crippen MR) is 69.9 cm³/mol. The van der Waals surface area contributed by atoms with E-state index in [1.54, 1.807) is 12.1 Å². The summed E-state index contributed by atoms with van der Waals surface area (Å²) < 4.78 is 32.5. The summed E-state index contributed by atoms with van der Waals surface area (Å²) in [6, 6.07) is 3.76. The van der Waals surface area contributed by atoms with E-state index in [9.17, 15) is 23.4 Å². The Kier molecular flexibility index (Phi) is 4.96. The summed E-state index contributed by atoms with van der Waals surface area (Å²) in [5.41, 5.74) is 2.32. The molecule has 2 N–H and O–H groups in total. The number of hydrogen-bond acceptors (Lipinski definition) is 4. The fourth-order valence-electron chi connectivity index (χ4n) is 2.22. The van der Waals surface area contributed by atoms with Crippen molar-refractivity contribution in [3.63, 3.8) is 0 Å². The lowest BCUT2D eigenvalue weighted by molar-refractivity contribution is -0.921. The molecule has 0 saturated heterocycles. The average Bonchev–Trinajstić information content (AvgIpc) is 2.37. The maximum absolute atomic E-state index is 10.5. The Morgan fingerprint density at radius 3 is 2.18 bits per heavy atom. The van der Waals surface area contributed by atoms with E-state index in [0.29, 0.717) is 6.04 Å². The zero-order valence-corrected chi connectivity index (χ0v) is 12.4. The van der Waals surface area contributed by atoms with Crippen molar-refractivity contribution in [1.82, 2.24) is 0 Å². The first-order valence-electron chi connectivity index (χ1n) is 6.52. The van der Waals surface area contributed by atoms with Crippen molar-refractivity contribution >= 4 is 5.97 Å². The Morgan fingerprint density at radius 1 is 1.27 bits per heavy atom. The molecule has 124 valence electrons. The van der Waals surface area contributed by atoms with Gasteiger partial charge in [-0.05, 0) is 24.6 Å². The van der Waals surface area contributed by atoms with E-state index < -0.39 is 12.1 Å². The molecule has 22 heavy (non-hydrogen) atoms. The maximum atomic E-state index is 10.5. The number of rotatable bonds is 0. The molecule has 1 aromatic rings. The van der Waals surface area contributed by atoms with Crippen molar-refractivity contribution in [1.29, 1.82) is 0 Å². The lowest BCUT2D eigenvalue weighted by atomic mass is 9.91. The van der Waals surface area contributed by atoms with Crippen molar-refractivity contribution in [2.45, 2.75) is 25.6 Å². The fraction of sp³-hybridized carbons (Fsp3) is 0.500. The minimum absolute atomic E-state index is 0.00634. The number of phenolic OH excluding ortho intramolecular Hbond substituents is 2. The van der Waals surface area contributed by atoms with Gasteiger partial charge in [-0.2, -0.15) is 13.2 Å². The lowest BCUT2D eigenvalue weighted by Crippen LogP contribution is -2.46. The predicted octanol–water partition coefficient (Wildman–Crippen LogP) is 1.09. The average molecular weight is 321 g/mol. The summed E-state index contributed by atoms with van der Waals surface area (Å²) in [6.07, 6.45) is -4.24. The number of benzene rings is 1. The summed E-state index contributed by atoms with van der Waals surface area (Å²) in [4.78, 5) is 8.78. The van der Waals surface area contributed by atoms with Crippen LogP contribution in [-0.4, -0.2) is 47.5 Å². The third-order valence-corrected chi connectivity index (χ3v) is 3.92. The molecule has 1 unspecified atom stereocenters. The van der Waals surface area contributed by atoms with Crippen LogP contribution in [0.15, 0.2) is 12.1 Å². The molecule has 1 aliphatic heterocycles. The minimum Gasteiger partial charge on any atom is -0.542 e. The number of aliphatic carboxylic acids is 1. The summed E-state index contributed by atoms with van der Waals surface area (Å²) >= 11 is 0. The molecule has 0 amide bonds. The van der Waals surface area contributed by atoms with Crippen LogP contribution in [0.2, 0.25) is 0 Å². The monoisotopic (exact) mass is 321 g/mol. The molecule has 2 rings (SSSR count). The van der Waals surface area contributed by atoms with Gasteiger partial charge in [0.1, 0.15) is 12.0 Å². The Hall–Kier alpha value is -1.96. The van der Waals surface area contributed by atoms with E-state index in [4.69, 9.17) is 9.90 Å². The van der Waals surface area contributed by atoms with Gasteiger partial charge >= 0.3 is 6.18 Å². The molecule has 0 fully saturated rings. The van der Waals surface area contributed by atoms with Crippen molar-refractivity contribution < 1.29 is 37.8 Å². The molecular formula is C14H18F3NO4. The van der Waals surface area contributed by atoms with Gasteiger partial charge in [-0.15, -0.1) is 0 Å². The normalized spacial score (nSPS) is 19.6. The number of carbonyl (C=O) groups is 1. The lowest BCUT2D eigenvalue weighted by Gasteiger charge is -2.41. The Labute approximate surface area is 125 Å². The molecule has 8 heteroatoms. The van der Waals surface area contributed by atoms with Crippen LogP contribution in [0.5, 0.6) is 11.5 Å². The molecule has 0 bridgehead atoms. The SMILES string of the molecule is CC1c2cc(O)c(O)cc2CC[N+]1(C)C.O=C([O-])C(F)(F)F. The third-order valence-electron chi connectivity index (χ3n) is 3.92. The Bertz CT molecular complexity index is 570. The van der Waals surface area contributed by atoms with Gasteiger partial charge in [-0.1, -0.05) is 0 Å². The van der Waals surface area contributed by atoms with Gasteiger partial charge in [0.2, 0.25) is 0 Å². The molecule has 0 saturated carbocycles. The van der Waals surface area contributed by atoms with E-state index in [2.05, 4.69) is 21.0 Å². The molecule has 1 heterocycles.